The van der Waals surface area contributed by atoms with Crippen LogP contribution >= 0.6 is 0 Å². The van der Waals surface area contributed by atoms with Crippen molar-refractivity contribution in [1.29, 1.82) is 0 Å². The van der Waals surface area contributed by atoms with Crippen LogP contribution in [0, 0.1) is 0 Å². The minimum Gasteiger partial charge on any atom is -0.492 e. The number of benzene rings is 2. The molecule has 1 heterocycles. The Morgan fingerprint density at radius 2 is 1.87 bits per heavy atom. The molecule has 160 valence electrons. The first kappa shape index (κ1) is 21.9. The number of amides is 1. The normalized spacial score (nSPS) is 13.3. The molecule has 1 N–H and O–H groups in total. The zero-order valence-corrected chi connectivity index (χ0v) is 18.2. The number of fused-ring (bicyclic) bond motifs is 1. The summed E-state index contributed by atoms with van der Waals surface area (Å²) >= 11 is 0. The maximum Gasteiger partial charge on any atom is 0.255 e. The van der Waals surface area contributed by atoms with Crippen molar-refractivity contribution in [3.05, 3.63) is 53.6 Å². The molecule has 7 nitrogen and oxygen atoms in total. The summed E-state index contributed by atoms with van der Waals surface area (Å²) in [6.45, 7) is 6.61. The van der Waals surface area contributed by atoms with Gasteiger partial charge in [0.25, 0.3) is 5.91 Å². The van der Waals surface area contributed by atoms with Crippen molar-refractivity contribution < 1.29 is 22.7 Å². The van der Waals surface area contributed by atoms with Crippen molar-refractivity contribution in [2.45, 2.75) is 25.7 Å². The molecule has 0 fully saturated rings. The van der Waals surface area contributed by atoms with Gasteiger partial charge in [0.1, 0.15) is 18.1 Å². The molecule has 0 spiro atoms. The van der Waals surface area contributed by atoms with Crippen LogP contribution in [-0.4, -0.2) is 44.9 Å². The van der Waals surface area contributed by atoms with E-state index in [1.165, 1.54) is 16.4 Å². The lowest BCUT2D eigenvalue weighted by Crippen LogP contribution is -2.30. The van der Waals surface area contributed by atoms with Gasteiger partial charge in [-0.2, -0.15) is 4.31 Å². The summed E-state index contributed by atoms with van der Waals surface area (Å²) < 4.78 is 38.4. The molecule has 2 aromatic rings. The van der Waals surface area contributed by atoms with Crippen LogP contribution < -0.4 is 14.8 Å². The summed E-state index contributed by atoms with van der Waals surface area (Å²) in [6, 6.07) is 11.9. The highest BCUT2D eigenvalue weighted by atomic mass is 32.2. The molecule has 30 heavy (non-hydrogen) atoms. The van der Waals surface area contributed by atoms with Crippen LogP contribution in [0.15, 0.2) is 52.9 Å². The molecule has 0 radical (unpaired) electrons. The lowest BCUT2D eigenvalue weighted by molar-refractivity contribution is -0.113. The van der Waals surface area contributed by atoms with Crippen molar-refractivity contribution in [1.82, 2.24) is 4.31 Å². The summed E-state index contributed by atoms with van der Waals surface area (Å²) in [5.74, 6) is 0.751. The number of rotatable bonds is 8. The lowest BCUT2D eigenvalue weighted by Gasteiger charge is -2.21. The highest BCUT2D eigenvalue weighted by molar-refractivity contribution is 7.89. The average molecular weight is 431 g/mol. The number of hydrogen-bond donors (Lipinski definition) is 1. The van der Waals surface area contributed by atoms with Crippen LogP contribution in [0.5, 0.6) is 11.5 Å². The Kier molecular flexibility index (Phi) is 6.79. The minimum absolute atomic E-state index is 0.101. The van der Waals surface area contributed by atoms with E-state index in [9.17, 15) is 13.2 Å². The Hall–Kier alpha value is -2.84. The van der Waals surface area contributed by atoms with Crippen molar-refractivity contribution in [2.75, 3.05) is 31.6 Å². The van der Waals surface area contributed by atoms with Gasteiger partial charge < -0.3 is 14.8 Å². The number of hydrogen-bond acceptors (Lipinski definition) is 5. The van der Waals surface area contributed by atoms with Gasteiger partial charge >= 0.3 is 0 Å². The summed E-state index contributed by atoms with van der Waals surface area (Å²) in [5, 5.41) is 2.79. The summed E-state index contributed by atoms with van der Waals surface area (Å²) in [5.41, 5.74) is 1.56. The maximum absolute atomic E-state index is 12.9. The second kappa shape index (κ2) is 9.32. The smallest absolute Gasteiger partial charge is 0.255 e. The fourth-order valence-corrected chi connectivity index (χ4v) is 4.70. The van der Waals surface area contributed by atoms with Crippen LogP contribution in [-0.2, 0) is 14.8 Å². The zero-order valence-electron chi connectivity index (χ0n) is 17.3. The summed E-state index contributed by atoms with van der Waals surface area (Å²) in [7, 11) is -3.67. The Morgan fingerprint density at radius 3 is 2.57 bits per heavy atom. The molecule has 1 aliphatic rings. The maximum atomic E-state index is 12.9. The zero-order chi connectivity index (χ0) is 21.7. The second-order valence-electron chi connectivity index (χ2n) is 6.63. The lowest BCUT2D eigenvalue weighted by atomic mass is 10.1. The monoisotopic (exact) mass is 430 g/mol. The first-order valence-corrected chi connectivity index (χ1v) is 11.3. The van der Waals surface area contributed by atoms with Gasteiger partial charge in [0.2, 0.25) is 10.0 Å². The first-order valence-electron chi connectivity index (χ1n) is 9.91. The number of carbonyl (C=O) groups is 1. The number of nitrogens with zero attached hydrogens (tertiary/aromatic N) is 1. The van der Waals surface area contributed by atoms with Crippen LogP contribution in [0.3, 0.4) is 0 Å². The van der Waals surface area contributed by atoms with Crippen LogP contribution in [0.25, 0.3) is 6.08 Å². The van der Waals surface area contributed by atoms with Gasteiger partial charge in [-0.25, -0.2) is 8.42 Å². The topological polar surface area (TPSA) is 84.9 Å². The molecule has 1 amide bonds. The van der Waals surface area contributed by atoms with Gasteiger partial charge in [-0.15, -0.1) is 0 Å². The molecule has 1 aliphatic heterocycles. The molecule has 0 atom stereocenters. The van der Waals surface area contributed by atoms with Crippen molar-refractivity contribution in [3.63, 3.8) is 0 Å². The van der Waals surface area contributed by atoms with Gasteiger partial charge in [0.05, 0.1) is 22.8 Å². The third kappa shape index (κ3) is 4.49. The molecule has 0 aromatic heterocycles. The predicted octanol–water partition coefficient (Wildman–Crippen LogP) is 3.53. The van der Waals surface area contributed by atoms with Gasteiger partial charge in [-0.05, 0) is 37.3 Å². The first-order chi connectivity index (χ1) is 14.4. The van der Waals surface area contributed by atoms with E-state index in [-0.39, 0.29) is 17.4 Å². The van der Waals surface area contributed by atoms with E-state index in [0.29, 0.717) is 36.7 Å². The fraction of sp³-hybridized carbons (Fsp3) is 0.318. The number of anilines is 1. The van der Waals surface area contributed by atoms with Crippen LogP contribution in [0.4, 0.5) is 5.69 Å². The third-order valence-electron chi connectivity index (χ3n) is 4.77. The van der Waals surface area contributed by atoms with Crippen LogP contribution in [0.2, 0.25) is 0 Å². The molecule has 0 bridgehead atoms. The largest absolute Gasteiger partial charge is 0.492 e. The SMILES string of the molecule is CCOc1ccc(S(=O)(=O)N(CC)CC)cc1NC(=O)C1=Cc2ccccc2OC1. The summed E-state index contributed by atoms with van der Waals surface area (Å²) in [4.78, 5) is 13.0. The summed E-state index contributed by atoms with van der Waals surface area (Å²) in [6.07, 6.45) is 1.77. The van der Waals surface area contributed by atoms with Crippen molar-refractivity contribution in [3.8, 4) is 11.5 Å². The molecule has 2 aromatic carbocycles. The average Bonchev–Trinajstić information content (AvgIpc) is 2.75. The highest BCUT2D eigenvalue weighted by Crippen LogP contribution is 2.31. The number of para-hydroxylation sites is 1. The Morgan fingerprint density at radius 1 is 1.13 bits per heavy atom. The van der Waals surface area contributed by atoms with E-state index in [1.807, 2.05) is 31.2 Å². The standard InChI is InChI=1S/C22H26N2O5S/c1-4-24(5-2)30(26,27)18-11-12-21(28-6-3)19(14-18)23-22(25)17-13-16-9-7-8-10-20(16)29-15-17/h7-14H,4-6,15H2,1-3H3,(H,23,25). The Bertz CT molecular complexity index is 1060. The van der Waals surface area contributed by atoms with E-state index in [4.69, 9.17) is 9.47 Å². The third-order valence-corrected chi connectivity index (χ3v) is 6.81. The van der Waals surface area contributed by atoms with Gasteiger partial charge in [0.15, 0.2) is 0 Å². The van der Waals surface area contributed by atoms with Crippen LogP contribution in [0.1, 0.15) is 26.3 Å². The fourth-order valence-electron chi connectivity index (χ4n) is 3.21. The predicted molar refractivity (Wildman–Crippen MR) is 116 cm³/mol. The van der Waals surface area contributed by atoms with E-state index >= 15 is 0 Å². The number of ether oxygens (including phenoxy) is 2. The molecule has 0 saturated carbocycles. The van der Waals surface area contributed by atoms with E-state index in [2.05, 4.69) is 5.32 Å². The highest BCUT2D eigenvalue weighted by Gasteiger charge is 2.24. The number of nitrogens with one attached hydrogen (secondary N) is 1. The Balaban J connectivity index is 1.92. The molecule has 3 rings (SSSR count). The number of carbonyl (C=O) groups excluding carboxylic acids is 1. The molecule has 0 aliphatic carbocycles. The molecular weight excluding hydrogens is 404 g/mol. The minimum atomic E-state index is -3.67. The van der Waals surface area contributed by atoms with E-state index in [1.54, 1.807) is 26.0 Å². The molecular formula is C22H26N2O5S. The van der Waals surface area contributed by atoms with Gasteiger partial charge in [-0.1, -0.05) is 32.0 Å². The molecule has 0 saturated heterocycles. The quantitative estimate of drug-likeness (QED) is 0.693. The second-order valence-corrected chi connectivity index (χ2v) is 8.57. The van der Waals surface area contributed by atoms with Crippen molar-refractivity contribution >= 4 is 27.7 Å². The molecule has 8 heteroatoms. The Labute approximate surface area is 177 Å². The van der Waals surface area contributed by atoms with E-state index in [0.717, 1.165) is 11.3 Å². The van der Waals surface area contributed by atoms with Crippen molar-refractivity contribution in [2.24, 2.45) is 0 Å². The van der Waals surface area contributed by atoms with Gasteiger partial charge in [-0.3, -0.25) is 4.79 Å². The van der Waals surface area contributed by atoms with E-state index < -0.39 is 10.0 Å². The van der Waals surface area contributed by atoms with Gasteiger partial charge in [0, 0.05) is 18.7 Å². The molecule has 0 unspecified atom stereocenters. The number of sulfonamides is 1.